The van der Waals surface area contributed by atoms with Gasteiger partial charge in [-0.05, 0) is 25.5 Å². The Morgan fingerprint density at radius 1 is 1.16 bits per heavy atom. The summed E-state index contributed by atoms with van der Waals surface area (Å²) in [5.74, 6) is -1.75. The predicted octanol–water partition coefficient (Wildman–Crippen LogP) is 3.00. The van der Waals surface area contributed by atoms with Crippen molar-refractivity contribution in [2.24, 2.45) is 0 Å². The topological polar surface area (TPSA) is 76.7 Å². The van der Waals surface area contributed by atoms with Crippen LogP contribution in [-0.4, -0.2) is 37.1 Å². The monoisotopic (exact) mass is 382 g/mol. The van der Waals surface area contributed by atoms with Crippen molar-refractivity contribution >= 4 is 23.6 Å². The Kier molecular flexibility index (Phi) is 7.50. The van der Waals surface area contributed by atoms with Crippen LogP contribution in [0.25, 0.3) is 0 Å². The molecule has 0 saturated heterocycles. The number of esters is 1. The van der Waals surface area contributed by atoms with Crippen molar-refractivity contribution in [3.8, 4) is 0 Å². The first-order valence-corrected chi connectivity index (χ1v) is 7.73. The molecule has 0 saturated carbocycles. The van der Waals surface area contributed by atoms with Gasteiger partial charge in [-0.15, -0.1) is 0 Å². The van der Waals surface area contributed by atoms with Gasteiger partial charge in [0.05, 0.1) is 6.61 Å². The highest BCUT2D eigenvalue weighted by atomic mass is 35.5. The maximum atomic E-state index is 13.4. The summed E-state index contributed by atoms with van der Waals surface area (Å²) in [5.41, 5.74) is -3.10. The number of hydrogen-bond acceptors (Lipinski definition) is 4. The van der Waals surface area contributed by atoms with Crippen LogP contribution in [0.2, 0.25) is 5.02 Å². The molecule has 1 atom stereocenters. The van der Waals surface area contributed by atoms with Crippen LogP contribution in [0.3, 0.4) is 0 Å². The second kappa shape index (κ2) is 8.91. The molecule has 25 heavy (non-hydrogen) atoms. The number of ether oxygens (including phenoxy) is 2. The van der Waals surface area contributed by atoms with Crippen LogP contribution >= 0.6 is 11.6 Å². The van der Waals surface area contributed by atoms with Gasteiger partial charge in [-0.2, -0.15) is 13.2 Å². The summed E-state index contributed by atoms with van der Waals surface area (Å²) in [7, 11) is 0. The summed E-state index contributed by atoms with van der Waals surface area (Å²) in [6, 6.07) is 5.21. The molecular formula is C15H18ClF3N2O4. The fraction of sp³-hybridized carbons (Fsp3) is 0.467. The van der Waals surface area contributed by atoms with E-state index in [0.717, 1.165) is 0 Å². The van der Waals surface area contributed by atoms with E-state index >= 15 is 0 Å². The van der Waals surface area contributed by atoms with Crippen molar-refractivity contribution < 1.29 is 32.2 Å². The van der Waals surface area contributed by atoms with E-state index in [9.17, 15) is 22.8 Å². The quantitative estimate of drug-likeness (QED) is 0.561. The molecule has 1 rings (SSSR count). The lowest BCUT2D eigenvalue weighted by Gasteiger charge is -2.33. The van der Waals surface area contributed by atoms with E-state index in [0.29, 0.717) is 10.6 Å². The zero-order valence-corrected chi connectivity index (χ0v) is 14.3. The molecule has 0 fully saturated rings. The van der Waals surface area contributed by atoms with Gasteiger partial charge < -0.3 is 14.8 Å². The molecule has 10 heteroatoms. The Hall–Kier alpha value is -2.00. The molecule has 0 radical (unpaired) electrons. The number of alkyl halides is 3. The molecule has 0 heterocycles. The molecule has 140 valence electrons. The molecule has 0 aliphatic heterocycles. The van der Waals surface area contributed by atoms with Crippen LogP contribution in [0.5, 0.6) is 0 Å². The molecule has 0 unspecified atom stereocenters. The SMILES string of the molecule is CCOC(=O)[C@@](NC(=O)NCc1ccccc1Cl)(OCC)C(F)(F)F. The zero-order valence-electron chi connectivity index (χ0n) is 13.6. The fourth-order valence-corrected chi connectivity index (χ4v) is 2.09. The van der Waals surface area contributed by atoms with E-state index < -0.39 is 30.5 Å². The summed E-state index contributed by atoms with van der Waals surface area (Å²) in [4.78, 5) is 23.8. The van der Waals surface area contributed by atoms with Crippen molar-refractivity contribution in [3.63, 3.8) is 0 Å². The molecule has 2 N–H and O–H groups in total. The number of urea groups is 1. The molecule has 1 aromatic carbocycles. The van der Waals surface area contributed by atoms with Gasteiger partial charge in [-0.3, -0.25) is 5.32 Å². The summed E-state index contributed by atoms with van der Waals surface area (Å²) in [6.45, 7) is 1.65. The second-order valence-electron chi connectivity index (χ2n) is 4.73. The first-order valence-electron chi connectivity index (χ1n) is 7.35. The summed E-state index contributed by atoms with van der Waals surface area (Å²) in [5, 5.41) is 4.06. The molecule has 0 spiro atoms. The molecule has 0 bridgehead atoms. The fourth-order valence-electron chi connectivity index (χ4n) is 1.89. The van der Waals surface area contributed by atoms with E-state index in [4.69, 9.17) is 11.6 Å². The lowest BCUT2D eigenvalue weighted by molar-refractivity contribution is -0.283. The van der Waals surface area contributed by atoms with Crippen LogP contribution in [0.15, 0.2) is 24.3 Å². The standard InChI is InChI=1S/C15H18ClF3N2O4/c1-3-24-12(22)14(25-4-2,15(17,18)19)21-13(23)20-9-10-7-5-6-8-11(10)16/h5-8H,3-4,9H2,1-2H3,(H2,20,21,23)/t14-/m1/s1. The minimum absolute atomic E-state index is 0.144. The normalized spacial score (nSPS) is 13.7. The minimum atomic E-state index is -5.23. The van der Waals surface area contributed by atoms with Gasteiger partial charge in [-0.1, -0.05) is 29.8 Å². The number of halogens is 4. The number of carbonyl (C=O) groups is 2. The third kappa shape index (κ3) is 5.23. The van der Waals surface area contributed by atoms with Crippen LogP contribution in [0.4, 0.5) is 18.0 Å². The summed E-state index contributed by atoms with van der Waals surface area (Å²) < 4.78 is 49.3. The van der Waals surface area contributed by atoms with E-state index in [1.54, 1.807) is 24.3 Å². The van der Waals surface area contributed by atoms with Crippen molar-refractivity contribution in [3.05, 3.63) is 34.9 Å². The van der Waals surface area contributed by atoms with Gasteiger partial charge in [0.1, 0.15) is 0 Å². The predicted molar refractivity (Wildman–Crippen MR) is 83.9 cm³/mol. The Balaban J connectivity index is 2.94. The van der Waals surface area contributed by atoms with Crippen molar-refractivity contribution in [1.82, 2.24) is 10.6 Å². The third-order valence-corrected chi connectivity index (χ3v) is 3.38. The smallest absolute Gasteiger partial charge is 0.448 e. The van der Waals surface area contributed by atoms with Crippen LogP contribution in [0, 0.1) is 0 Å². The van der Waals surface area contributed by atoms with Crippen LogP contribution in [-0.2, 0) is 20.8 Å². The van der Waals surface area contributed by atoms with Crippen LogP contribution < -0.4 is 10.6 Å². The van der Waals surface area contributed by atoms with Crippen molar-refractivity contribution in [1.29, 1.82) is 0 Å². The highest BCUT2D eigenvalue weighted by molar-refractivity contribution is 6.31. The Morgan fingerprint density at radius 3 is 2.32 bits per heavy atom. The van der Waals surface area contributed by atoms with Crippen molar-refractivity contribution in [2.45, 2.75) is 32.3 Å². The largest absolute Gasteiger partial charge is 0.462 e. The van der Waals surface area contributed by atoms with Gasteiger partial charge in [0.15, 0.2) is 0 Å². The summed E-state index contributed by atoms with van der Waals surface area (Å²) in [6.07, 6.45) is -5.23. The minimum Gasteiger partial charge on any atom is -0.462 e. The average Bonchev–Trinajstić information content (AvgIpc) is 2.52. The van der Waals surface area contributed by atoms with Gasteiger partial charge in [0, 0.05) is 18.2 Å². The van der Waals surface area contributed by atoms with Crippen molar-refractivity contribution in [2.75, 3.05) is 13.2 Å². The molecule has 0 aliphatic carbocycles. The van der Waals surface area contributed by atoms with Gasteiger partial charge in [0.25, 0.3) is 0 Å². The molecule has 1 aromatic rings. The number of rotatable bonds is 7. The maximum absolute atomic E-state index is 13.4. The Morgan fingerprint density at radius 2 is 1.80 bits per heavy atom. The van der Waals surface area contributed by atoms with E-state index in [1.165, 1.54) is 19.2 Å². The number of benzene rings is 1. The third-order valence-electron chi connectivity index (χ3n) is 3.01. The Labute approximate surface area is 147 Å². The lowest BCUT2D eigenvalue weighted by atomic mass is 10.2. The number of amides is 2. The second-order valence-corrected chi connectivity index (χ2v) is 5.14. The molecule has 2 amide bonds. The van der Waals surface area contributed by atoms with E-state index in [1.807, 2.05) is 0 Å². The number of hydrogen-bond donors (Lipinski definition) is 2. The van der Waals surface area contributed by atoms with Gasteiger partial charge in [-0.25, -0.2) is 9.59 Å². The van der Waals surface area contributed by atoms with E-state index in [-0.39, 0.29) is 13.2 Å². The molecule has 0 aromatic heterocycles. The van der Waals surface area contributed by atoms with Gasteiger partial charge in [0.2, 0.25) is 0 Å². The molecule has 0 aliphatic rings. The highest BCUT2D eigenvalue weighted by Gasteiger charge is 2.64. The first kappa shape index (κ1) is 21.0. The number of nitrogens with one attached hydrogen (secondary N) is 2. The molecule has 6 nitrogen and oxygen atoms in total. The first-order chi connectivity index (χ1) is 11.7. The zero-order chi connectivity index (χ0) is 19.1. The maximum Gasteiger partial charge on any atom is 0.448 e. The van der Waals surface area contributed by atoms with Gasteiger partial charge >= 0.3 is 23.9 Å². The van der Waals surface area contributed by atoms with Crippen LogP contribution in [0.1, 0.15) is 19.4 Å². The van der Waals surface area contributed by atoms with E-state index in [2.05, 4.69) is 14.8 Å². The average molecular weight is 383 g/mol. The highest BCUT2D eigenvalue weighted by Crippen LogP contribution is 2.33. The molecular weight excluding hydrogens is 365 g/mol. The lowest BCUT2D eigenvalue weighted by Crippen LogP contribution is -2.67. The number of carbonyl (C=O) groups excluding carboxylic acids is 2. The Bertz CT molecular complexity index is 613. The summed E-state index contributed by atoms with van der Waals surface area (Å²) >= 11 is 5.90.